The summed E-state index contributed by atoms with van der Waals surface area (Å²) in [5.74, 6) is -0.770. The molecule has 1 aromatic carbocycles. The van der Waals surface area contributed by atoms with Gasteiger partial charge in [-0.3, -0.25) is 9.59 Å². The minimum Gasteiger partial charge on any atom is -0.486 e. The predicted molar refractivity (Wildman–Crippen MR) is 92.4 cm³/mol. The molecule has 2 aliphatic rings. The van der Waals surface area contributed by atoms with Crippen LogP contribution in [0.1, 0.15) is 24.9 Å². The fraction of sp³-hybridized carbons (Fsp3) is 0.529. The third-order valence-electron chi connectivity index (χ3n) is 4.44. The average molecular weight is 451 g/mol. The second-order valence-corrected chi connectivity index (χ2v) is 7.39. The summed E-state index contributed by atoms with van der Waals surface area (Å²) < 4.78 is 49.2. The Hall–Kier alpha value is -1.97. The standard InChI is InChI=1S/C17H18BrF3N2O4/c1-9(11-5-13-14(6-12(11)18)27-3-2-26-13)22-16(25)10-4-15(24)23(7-10)8-17(19,20)21/h5-6,9-10H,2-4,7-8H2,1H3,(H,22,25). The van der Waals surface area contributed by atoms with Gasteiger partial charge in [0.1, 0.15) is 19.8 Å². The van der Waals surface area contributed by atoms with E-state index in [4.69, 9.17) is 9.47 Å². The molecule has 27 heavy (non-hydrogen) atoms. The summed E-state index contributed by atoms with van der Waals surface area (Å²) in [5, 5.41) is 2.76. The molecule has 0 radical (unpaired) electrons. The summed E-state index contributed by atoms with van der Waals surface area (Å²) in [6, 6.07) is 3.06. The molecule has 1 saturated heterocycles. The normalized spacial score (nSPS) is 20.6. The van der Waals surface area contributed by atoms with Crippen molar-refractivity contribution in [2.24, 2.45) is 5.92 Å². The summed E-state index contributed by atoms with van der Waals surface area (Å²) in [4.78, 5) is 24.9. The van der Waals surface area contributed by atoms with Crippen molar-refractivity contribution in [3.8, 4) is 11.5 Å². The Morgan fingerprint density at radius 2 is 1.96 bits per heavy atom. The van der Waals surface area contributed by atoms with Gasteiger partial charge in [0.05, 0.1) is 12.0 Å². The minimum absolute atomic E-state index is 0.225. The van der Waals surface area contributed by atoms with Crippen molar-refractivity contribution in [2.75, 3.05) is 26.3 Å². The smallest absolute Gasteiger partial charge is 0.406 e. The third kappa shape index (κ3) is 4.66. The Bertz CT molecular complexity index is 756. The molecule has 3 rings (SSSR count). The lowest BCUT2D eigenvalue weighted by atomic mass is 10.0. The van der Waals surface area contributed by atoms with Crippen molar-refractivity contribution < 1.29 is 32.2 Å². The summed E-state index contributed by atoms with van der Waals surface area (Å²) in [7, 11) is 0. The lowest BCUT2D eigenvalue weighted by Gasteiger charge is -2.23. The number of rotatable bonds is 4. The van der Waals surface area contributed by atoms with E-state index >= 15 is 0 Å². The molecule has 0 spiro atoms. The molecule has 2 aliphatic heterocycles. The van der Waals surface area contributed by atoms with Crippen LogP contribution in [0.3, 0.4) is 0 Å². The summed E-state index contributed by atoms with van der Waals surface area (Å²) in [6.45, 7) is 1.06. The summed E-state index contributed by atoms with van der Waals surface area (Å²) in [5.41, 5.74) is 0.740. The molecule has 0 bridgehead atoms. The highest BCUT2D eigenvalue weighted by Gasteiger charge is 2.40. The summed E-state index contributed by atoms with van der Waals surface area (Å²) >= 11 is 3.43. The lowest BCUT2D eigenvalue weighted by molar-refractivity contribution is -0.157. The number of fused-ring (bicyclic) bond motifs is 1. The average Bonchev–Trinajstić information content (AvgIpc) is 2.93. The Morgan fingerprint density at radius 1 is 1.33 bits per heavy atom. The van der Waals surface area contributed by atoms with E-state index in [1.165, 1.54) is 0 Å². The number of hydrogen-bond acceptors (Lipinski definition) is 4. The number of halogens is 4. The van der Waals surface area contributed by atoms with Crippen LogP contribution in [0.4, 0.5) is 13.2 Å². The van der Waals surface area contributed by atoms with E-state index < -0.39 is 36.5 Å². The molecule has 1 N–H and O–H groups in total. The zero-order valence-corrected chi connectivity index (χ0v) is 16.0. The highest BCUT2D eigenvalue weighted by molar-refractivity contribution is 9.10. The van der Waals surface area contributed by atoms with Crippen LogP contribution < -0.4 is 14.8 Å². The van der Waals surface area contributed by atoms with E-state index in [0.29, 0.717) is 34.1 Å². The quantitative estimate of drug-likeness (QED) is 0.765. The van der Waals surface area contributed by atoms with Crippen molar-refractivity contribution in [3.05, 3.63) is 22.2 Å². The van der Waals surface area contributed by atoms with Gasteiger partial charge < -0.3 is 19.7 Å². The second kappa shape index (κ2) is 7.57. The predicted octanol–water partition coefficient (Wildman–Crippen LogP) is 2.81. The van der Waals surface area contributed by atoms with Crippen LogP contribution in [0.25, 0.3) is 0 Å². The number of likely N-dealkylation sites (tertiary alicyclic amines) is 1. The van der Waals surface area contributed by atoms with Gasteiger partial charge in [0.15, 0.2) is 11.5 Å². The number of benzene rings is 1. The minimum atomic E-state index is -4.48. The van der Waals surface area contributed by atoms with Gasteiger partial charge in [-0.25, -0.2) is 0 Å². The van der Waals surface area contributed by atoms with Crippen LogP contribution >= 0.6 is 15.9 Å². The molecule has 2 atom stereocenters. The Balaban J connectivity index is 1.65. The first kappa shape index (κ1) is 19.8. The maximum absolute atomic E-state index is 12.5. The molecule has 148 valence electrons. The topological polar surface area (TPSA) is 67.9 Å². The first-order valence-corrected chi connectivity index (χ1v) is 9.17. The van der Waals surface area contributed by atoms with Gasteiger partial charge in [0.25, 0.3) is 0 Å². The number of hydrogen-bond donors (Lipinski definition) is 1. The molecule has 0 aromatic heterocycles. The SMILES string of the molecule is CC(NC(=O)C1CC(=O)N(CC(F)(F)F)C1)c1cc2c(cc1Br)OCCO2. The van der Waals surface area contributed by atoms with Crippen molar-refractivity contribution in [1.82, 2.24) is 10.2 Å². The molecule has 2 heterocycles. The third-order valence-corrected chi connectivity index (χ3v) is 5.13. The first-order chi connectivity index (χ1) is 12.6. The van der Waals surface area contributed by atoms with E-state index in [1.807, 2.05) is 0 Å². The monoisotopic (exact) mass is 450 g/mol. The summed E-state index contributed by atoms with van der Waals surface area (Å²) in [6.07, 6.45) is -4.71. The van der Waals surface area contributed by atoms with E-state index in [-0.39, 0.29) is 13.0 Å². The molecular formula is C17H18BrF3N2O4. The Kier molecular flexibility index (Phi) is 5.55. The van der Waals surface area contributed by atoms with Gasteiger partial charge in [-0.15, -0.1) is 0 Å². The molecule has 2 amide bonds. The molecule has 1 fully saturated rings. The van der Waals surface area contributed by atoms with Crippen LogP contribution in [0.5, 0.6) is 11.5 Å². The number of carbonyl (C=O) groups is 2. The Labute approximate surface area is 162 Å². The highest BCUT2D eigenvalue weighted by Crippen LogP contribution is 2.38. The molecule has 0 saturated carbocycles. The fourth-order valence-electron chi connectivity index (χ4n) is 3.14. The van der Waals surface area contributed by atoms with Crippen molar-refractivity contribution in [2.45, 2.75) is 25.6 Å². The van der Waals surface area contributed by atoms with E-state index in [2.05, 4.69) is 21.2 Å². The number of amides is 2. The maximum atomic E-state index is 12.5. The maximum Gasteiger partial charge on any atom is 0.406 e. The van der Waals surface area contributed by atoms with E-state index in [9.17, 15) is 22.8 Å². The second-order valence-electron chi connectivity index (χ2n) is 6.54. The zero-order chi connectivity index (χ0) is 19.8. The molecule has 10 heteroatoms. The van der Waals surface area contributed by atoms with Gasteiger partial charge in [0.2, 0.25) is 11.8 Å². The number of nitrogens with zero attached hydrogens (tertiary/aromatic N) is 1. The van der Waals surface area contributed by atoms with Crippen LogP contribution in [0.2, 0.25) is 0 Å². The molecule has 0 aliphatic carbocycles. The molecule has 2 unspecified atom stereocenters. The van der Waals surface area contributed by atoms with Crippen LogP contribution in [-0.2, 0) is 9.59 Å². The molecule has 1 aromatic rings. The molecular weight excluding hydrogens is 433 g/mol. The van der Waals surface area contributed by atoms with Crippen molar-refractivity contribution in [1.29, 1.82) is 0 Å². The van der Waals surface area contributed by atoms with Gasteiger partial charge in [-0.05, 0) is 24.6 Å². The highest BCUT2D eigenvalue weighted by atomic mass is 79.9. The van der Waals surface area contributed by atoms with Crippen LogP contribution in [0.15, 0.2) is 16.6 Å². The van der Waals surface area contributed by atoms with E-state index in [1.54, 1.807) is 19.1 Å². The number of carbonyl (C=O) groups excluding carboxylic acids is 2. The first-order valence-electron chi connectivity index (χ1n) is 8.38. The van der Waals surface area contributed by atoms with Crippen molar-refractivity contribution >= 4 is 27.7 Å². The van der Waals surface area contributed by atoms with Crippen molar-refractivity contribution in [3.63, 3.8) is 0 Å². The van der Waals surface area contributed by atoms with Crippen LogP contribution in [-0.4, -0.2) is 49.2 Å². The number of alkyl halides is 3. The van der Waals surface area contributed by atoms with Gasteiger partial charge >= 0.3 is 6.18 Å². The zero-order valence-electron chi connectivity index (χ0n) is 14.4. The van der Waals surface area contributed by atoms with Gasteiger partial charge in [-0.1, -0.05) is 15.9 Å². The number of ether oxygens (including phenoxy) is 2. The van der Waals surface area contributed by atoms with Crippen LogP contribution in [0, 0.1) is 5.92 Å². The number of nitrogens with one attached hydrogen (secondary N) is 1. The lowest BCUT2D eigenvalue weighted by Crippen LogP contribution is -2.37. The largest absolute Gasteiger partial charge is 0.486 e. The Morgan fingerprint density at radius 3 is 2.59 bits per heavy atom. The van der Waals surface area contributed by atoms with Gasteiger partial charge in [-0.2, -0.15) is 13.2 Å². The van der Waals surface area contributed by atoms with E-state index in [0.717, 1.165) is 5.56 Å². The fourth-order valence-corrected chi connectivity index (χ4v) is 3.80. The molecule has 6 nitrogen and oxygen atoms in total. The van der Waals surface area contributed by atoms with Gasteiger partial charge in [0, 0.05) is 17.4 Å².